The Labute approximate surface area is 312 Å². The van der Waals surface area contributed by atoms with Gasteiger partial charge in [0, 0.05) is 51.4 Å². The Morgan fingerprint density at radius 1 is 0.906 bits per heavy atom. The summed E-state index contributed by atoms with van der Waals surface area (Å²) in [4.78, 5) is 58.3. The van der Waals surface area contributed by atoms with Crippen molar-refractivity contribution in [1.82, 2.24) is 30.2 Å². The number of likely N-dealkylation sites (tertiary alicyclic amines) is 2. The summed E-state index contributed by atoms with van der Waals surface area (Å²) < 4.78 is 13.7. The normalized spacial score (nSPS) is 19.5. The second kappa shape index (κ2) is 17.0. The second-order valence-electron chi connectivity index (χ2n) is 15.4. The quantitative estimate of drug-likeness (QED) is 0.256. The van der Waals surface area contributed by atoms with Crippen LogP contribution in [0, 0.1) is 17.3 Å². The van der Waals surface area contributed by atoms with Crippen molar-refractivity contribution in [3.05, 3.63) is 83.7 Å². The van der Waals surface area contributed by atoms with Crippen LogP contribution in [-0.4, -0.2) is 101 Å². The zero-order chi connectivity index (χ0) is 37.5. The van der Waals surface area contributed by atoms with E-state index in [0.717, 1.165) is 29.7 Å². The molecule has 3 aromatic rings. The van der Waals surface area contributed by atoms with Crippen LogP contribution < -0.4 is 15.4 Å². The number of rotatable bonds is 14. The van der Waals surface area contributed by atoms with Crippen LogP contribution in [-0.2, 0) is 32.1 Å². The number of amides is 4. The van der Waals surface area contributed by atoms with Crippen LogP contribution in [0.3, 0.4) is 0 Å². The molecule has 12 nitrogen and oxygen atoms in total. The van der Waals surface area contributed by atoms with Crippen LogP contribution in [0.4, 0.5) is 0 Å². The average Bonchev–Trinajstić information content (AvgIpc) is 3.79. The summed E-state index contributed by atoms with van der Waals surface area (Å²) in [7, 11) is 1.55. The highest BCUT2D eigenvalue weighted by Crippen LogP contribution is 2.45. The van der Waals surface area contributed by atoms with Crippen molar-refractivity contribution in [2.45, 2.75) is 84.1 Å². The number of nitrogens with zero attached hydrogens (tertiary/aromatic N) is 4. The van der Waals surface area contributed by atoms with Gasteiger partial charge in [0.25, 0.3) is 5.91 Å². The summed E-state index contributed by atoms with van der Waals surface area (Å²) in [6.45, 7) is 7.93. The lowest BCUT2D eigenvalue weighted by Gasteiger charge is -2.50. The van der Waals surface area contributed by atoms with Crippen molar-refractivity contribution in [3.8, 4) is 5.75 Å². The molecule has 1 aliphatic carbocycles. The summed E-state index contributed by atoms with van der Waals surface area (Å²) in [6.07, 6.45) is 8.84. The fourth-order valence-electron chi connectivity index (χ4n) is 8.00. The molecule has 284 valence electrons. The number of nitrogens with one attached hydrogen (secondary N) is 2. The summed E-state index contributed by atoms with van der Waals surface area (Å²) in [6, 6.07) is 16.5. The maximum absolute atomic E-state index is 14.3. The zero-order valence-electron chi connectivity index (χ0n) is 31.5. The van der Waals surface area contributed by atoms with E-state index in [2.05, 4.69) is 15.7 Å². The third-order valence-electron chi connectivity index (χ3n) is 10.9. The lowest BCUT2D eigenvalue weighted by atomic mass is 9.71. The van der Waals surface area contributed by atoms with Gasteiger partial charge >= 0.3 is 0 Å². The first kappa shape index (κ1) is 38.0. The number of hydrogen-bond acceptors (Lipinski definition) is 7. The first-order valence-corrected chi connectivity index (χ1v) is 19.1. The fraction of sp³-hybridized carbons (Fsp3) is 0.537. The number of carbonyl (C=O) groups is 4. The lowest BCUT2D eigenvalue weighted by Crippen LogP contribution is -2.65. The predicted octanol–water partition coefficient (Wildman–Crippen LogP) is 4.08. The Kier molecular flexibility index (Phi) is 12.2. The number of likely N-dealkylation sites (N-methyl/N-ethyl adjacent to an activating group) is 1. The Hall–Kier alpha value is -4.71. The third kappa shape index (κ3) is 9.27. The van der Waals surface area contributed by atoms with Gasteiger partial charge in [-0.1, -0.05) is 61.7 Å². The van der Waals surface area contributed by atoms with Gasteiger partial charge in [-0.3, -0.25) is 23.9 Å². The number of hydrogen-bond donors (Lipinski definition) is 2. The molecule has 53 heavy (non-hydrogen) atoms. The van der Waals surface area contributed by atoms with Gasteiger partial charge in [-0.2, -0.15) is 5.10 Å². The molecule has 0 bridgehead atoms. The van der Waals surface area contributed by atoms with Gasteiger partial charge in [0.15, 0.2) is 0 Å². The summed E-state index contributed by atoms with van der Waals surface area (Å²) in [5, 5.41) is 10.1. The maximum Gasteiger partial charge on any atom is 0.257 e. The largest absolute Gasteiger partial charge is 0.491 e. The standard InChI is InChI=1S/C41H54N6O6/c1-28(2)53-34-17-15-30(16-18-34)19-36(48)46-26-41(27-46)25-45(40(51)33-20-43-47(22-33)21-31-11-7-5-8-12-31)23-35(41)38(49)44-37(39(50)42-4)29(3)52-24-32-13-9-6-10-14-32/h5,7-8,11-12,15-18,20,22,28-29,32,35,37H,6,9-10,13-14,19,21,23-27H2,1-4H3,(H,42,50)(H,44,49)/t29-,35-,37+/m1/s1. The molecule has 6 rings (SSSR count). The van der Waals surface area contributed by atoms with Crippen LogP contribution in [0.25, 0.3) is 0 Å². The van der Waals surface area contributed by atoms with Crippen molar-refractivity contribution in [2.24, 2.45) is 17.3 Å². The van der Waals surface area contributed by atoms with Crippen LogP contribution in [0.5, 0.6) is 5.75 Å². The third-order valence-corrected chi connectivity index (χ3v) is 10.9. The van der Waals surface area contributed by atoms with E-state index in [-0.39, 0.29) is 42.7 Å². The Morgan fingerprint density at radius 3 is 2.28 bits per heavy atom. The van der Waals surface area contributed by atoms with Crippen LogP contribution in [0.2, 0.25) is 0 Å². The van der Waals surface area contributed by atoms with Crippen LogP contribution in [0.1, 0.15) is 74.4 Å². The monoisotopic (exact) mass is 726 g/mol. The van der Waals surface area contributed by atoms with Crippen LogP contribution >= 0.6 is 0 Å². The van der Waals surface area contributed by atoms with Gasteiger partial charge in [0.2, 0.25) is 17.7 Å². The van der Waals surface area contributed by atoms with Gasteiger partial charge in [0.1, 0.15) is 11.8 Å². The van der Waals surface area contributed by atoms with Crippen LogP contribution in [0.15, 0.2) is 67.0 Å². The molecule has 1 aromatic heterocycles. The van der Waals surface area contributed by atoms with E-state index >= 15 is 0 Å². The van der Waals surface area contributed by atoms with Gasteiger partial charge in [-0.05, 0) is 62.8 Å². The number of benzene rings is 2. The topological polar surface area (TPSA) is 135 Å². The summed E-state index contributed by atoms with van der Waals surface area (Å²) in [5.41, 5.74) is 1.70. The molecule has 1 saturated carbocycles. The van der Waals surface area contributed by atoms with Crippen molar-refractivity contribution in [1.29, 1.82) is 0 Å². The minimum Gasteiger partial charge on any atom is -0.491 e. The molecule has 0 unspecified atom stereocenters. The summed E-state index contributed by atoms with van der Waals surface area (Å²) in [5.74, 6) is -0.373. The molecule has 12 heteroatoms. The van der Waals surface area contributed by atoms with Crippen molar-refractivity contribution in [2.75, 3.05) is 39.8 Å². The van der Waals surface area contributed by atoms with E-state index in [9.17, 15) is 19.2 Å². The smallest absolute Gasteiger partial charge is 0.257 e. The molecular weight excluding hydrogens is 672 g/mol. The molecule has 2 aromatic carbocycles. The highest BCUT2D eigenvalue weighted by molar-refractivity contribution is 5.95. The number of aromatic nitrogens is 2. The Bertz CT molecular complexity index is 1710. The van der Waals surface area contributed by atoms with Gasteiger partial charge in [0.05, 0.1) is 42.9 Å². The molecule has 3 atom stereocenters. The zero-order valence-corrected chi connectivity index (χ0v) is 31.5. The molecule has 4 amide bonds. The average molecular weight is 727 g/mol. The first-order valence-electron chi connectivity index (χ1n) is 19.1. The van der Waals surface area contributed by atoms with E-state index < -0.39 is 23.5 Å². The minimum absolute atomic E-state index is 0.0488. The molecule has 2 N–H and O–H groups in total. The molecule has 1 spiro atoms. The molecule has 0 radical (unpaired) electrons. The predicted molar refractivity (Wildman–Crippen MR) is 200 cm³/mol. The van der Waals surface area contributed by atoms with E-state index in [0.29, 0.717) is 44.3 Å². The molecule has 3 aliphatic rings. The highest BCUT2D eigenvalue weighted by atomic mass is 16.5. The minimum atomic E-state index is -0.908. The lowest BCUT2D eigenvalue weighted by molar-refractivity contribution is -0.150. The second-order valence-corrected chi connectivity index (χ2v) is 15.4. The Morgan fingerprint density at radius 2 is 1.60 bits per heavy atom. The SMILES string of the molecule is CNC(=O)[C@@H](NC(=O)[C@H]1CN(C(=O)c2cnn(Cc3ccccc3)c2)CC12CN(C(=O)Cc1ccc(OC(C)C)cc1)C2)[C@@H](C)OCC1CCCCC1. The number of ether oxygens (including phenoxy) is 2. The molecule has 3 fully saturated rings. The molecular formula is C41H54N6O6. The van der Waals surface area contributed by atoms with Gasteiger partial charge in [-0.25, -0.2) is 0 Å². The van der Waals surface area contributed by atoms with Gasteiger partial charge in [-0.15, -0.1) is 0 Å². The first-order chi connectivity index (χ1) is 25.5. The highest BCUT2D eigenvalue weighted by Gasteiger charge is 2.59. The van der Waals surface area contributed by atoms with E-state index in [1.807, 2.05) is 75.4 Å². The number of carbonyl (C=O) groups excluding carboxylic acids is 4. The molecule has 2 saturated heterocycles. The Balaban J connectivity index is 1.16. The maximum atomic E-state index is 14.3. The van der Waals surface area contributed by atoms with Crippen molar-refractivity contribution >= 4 is 23.6 Å². The van der Waals surface area contributed by atoms with Crippen molar-refractivity contribution in [3.63, 3.8) is 0 Å². The summed E-state index contributed by atoms with van der Waals surface area (Å²) >= 11 is 0. The molecule has 3 heterocycles. The fourth-order valence-corrected chi connectivity index (χ4v) is 8.00. The van der Waals surface area contributed by atoms with Crippen molar-refractivity contribution < 1.29 is 28.7 Å². The van der Waals surface area contributed by atoms with Gasteiger partial charge < -0.3 is 29.9 Å². The van der Waals surface area contributed by atoms with E-state index in [4.69, 9.17) is 9.47 Å². The van der Waals surface area contributed by atoms with E-state index in [1.165, 1.54) is 19.3 Å². The van der Waals surface area contributed by atoms with E-state index in [1.54, 1.807) is 33.9 Å². The molecule has 2 aliphatic heterocycles.